The molecule has 150 valence electrons. The SMILES string of the molecule is CCN(CC)C(CNCc1c(C)nn(C)c1N1CCOCC1)c1ccco1. The molecule has 0 bridgehead atoms. The van der Waals surface area contributed by atoms with Crippen LogP contribution in [0.3, 0.4) is 0 Å². The maximum Gasteiger partial charge on any atom is 0.131 e. The van der Waals surface area contributed by atoms with Crippen molar-refractivity contribution in [2.75, 3.05) is 50.8 Å². The summed E-state index contributed by atoms with van der Waals surface area (Å²) in [6.45, 7) is 13.5. The standard InChI is InChI=1S/C20H33N5O2/c1-5-24(6-2)18(19-8-7-11-27-19)15-21-14-17-16(3)22-23(4)20(17)25-9-12-26-13-10-25/h7-8,11,18,21H,5-6,9-10,12-15H2,1-4H3. The summed E-state index contributed by atoms with van der Waals surface area (Å²) in [6.07, 6.45) is 1.76. The molecule has 1 atom stereocenters. The lowest BCUT2D eigenvalue weighted by molar-refractivity contribution is 0.122. The van der Waals surface area contributed by atoms with Crippen molar-refractivity contribution < 1.29 is 9.15 Å². The molecule has 3 heterocycles. The van der Waals surface area contributed by atoms with Gasteiger partial charge < -0.3 is 19.4 Å². The Balaban J connectivity index is 1.70. The minimum atomic E-state index is 0.235. The predicted octanol–water partition coefficient (Wildman–Crippen LogP) is 2.33. The molecule has 7 nitrogen and oxygen atoms in total. The van der Waals surface area contributed by atoms with Gasteiger partial charge in [0.05, 0.1) is 31.2 Å². The molecule has 1 fully saturated rings. The average molecular weight is 376 g/mol. The Kier molecular flexibility index (Phi) is 6.93. The number of nitrogens with zero attached hydrogens (tertiary/aromatic N) is 4. The molecule has 1 unspecified atom stereocenters. The van der Waals surface area contributed by atoms with Gasteiger partial charge in [0, 0.05) is 38.8 Å². The number of furan rings is 1. The first-order valence-electron chi connectivity index (χ1n) is 9.99. The molecule has 2 aromatic heterocycles. The van der Waals surface area contributed by atoms with E-state index < -0.39 is 0 Å². The Bertz CT molecular complexity index is 688. The van der Waals surface area contributed by atoms with Crippen LogP contribution < -0.4 is 10.2 Å². The molecule has 27 heavy (non-hydrogen) atoms. The fourth-order valence-corrected chi connectivity index (χ4v) is 3.96. The molecule has 7 heteroatoms. The van der Waals surface area contributed by atoms with E-state index in [1.54, 1.807) is 6.26 Å². The lowest BCUT2D eigenvalue weighted by Gasteiger charge is -2.30. The Labute approximate surface area is 162 Å². The molecular formula is C20H33N5O2. The molecule has 3 rings (SSSR count). The van der Waals surface area contributed by atoms with Crippen molar-refractivity contribution >= 4 is 5.82 Å². The number of hydrogen-bond donors (Lipinski definition) is 1. The lowest BCUT2D eigenvalue weighted by Crippen LogP contribution is -2.38. The number of anilines is 1. The summed E-state index contributed by atoms with van der Waals surface area (Å²) in [5, 5.41) is 8.33. The molecule has 0 amide bonds. The number of nitrogens with one attached hydrogen (secondary N) is 1. The van der Waals surface area contributed by atoms with E-state index >= 15 is 0 Å². The highest BCUT2D eigenvalue weighted by Crippen LogP contribution is 2.25. The van der Waals surface area contributed by atoms with Crippen LogP contribution in [-0.2, 0) is 18.3 Å². The van der Waals surface area contributed by atoms with E-state index in [9.17, 15) is 0 Å². The Morgan fingerprint density at radius 3 is 2.63 bits per heavy atom. The zero-order valence-electron chi connectivity index (χ0n) is 17.1. The van der Waals surface area contributed by atoms with Crippen LogP contribution in [-0.4, -0.2) is 60.6 Å². The summed E-state index contributed by atoms with van der Waals surface area (Å²) in [4.78, 5) is 4.81. The molecule has 0 saturated carbocycles. The molecular weight excluding hydrogens is 342 g/mol. The van der Waals surface area contributed by atoms with Gasteiger partial charge >= 0.3 is 0 Å². The highest BCUT2D eigenvalue weighted by Gasteiger charge is 2.23. The first kappa shape index (κ1) is 19.9. The molecule has 2 aromatic rings. The van der Waals surface area contributed by atoms with E-state index in [4.69, 9.17) is 9.15 Å². The smallest absolute Gasteiger partial charge is 0.131 e. The summed E-state index contributed by atoms with van der Waals surface area (Å²) in [7, 11) is 2.03. The second-order valence-corrected chi connectivity index (χ2v) is 6.99. The summed E-state index contributed by atoms with van der Waals surface area (Å²) in [5.74, 6) is 2.23. The average Bonchev–Trinajstić information content (AvgIpc) is 3.30. The van der Waals surface area contributed by atoms with E-state index in [0.29, 0.717) is 0 Å². The van der Waals surface area contributed by atoms with Gasteiger partial charge in [-0.1, -0.05) is 13.8 Å². The van der Waals surface area contributed by atoms with Gasteiger partial charge in [-0.2, -0.15) is 5.10 Å². The molecule has 0 radical (unpaired) electrons. The Hall–Kier alpha value is -1.83. The van der Waals surface area contributed by atoms with Gasteiger partial charge in [-0.05, 0) is 32.1 Å². The van der Waals surface area contributed by atoms with Crippen LogP contribution in [0.25, 0.3) is 0 Å². The van der Waals surface area contributed by atoms with E-state index in [1.807, 2.05) is 17.8 Å². The molecule has 1 aliphatic heterocycles. The lowest BCUT2D eigenvalue weighted by atomic mass is 10.1. The van der Waals surface area contributed by atoms with Crippen LogP contribution in [0.15, 0.2) is 22.8 Å². The summed E-state index contributed by atoms with van der Waals surface area (Å²) in [6, 6.07) is 4.27. The van der Waals surface area contributed by atoms with E-state index in [0.717, 1.165) is 63.9 Å². The minimum Gasteiger partial charge on any atom is -0.468 e. The minimum absolute atomic E-state index is 0.235. The van der Waals surface area contributed by atoms with Gasteiger partial charge in [-0.25, -0.2) is 0 Å². The van der Waals surface area contributed by atoms with Crippen molar-refractivity contribution in [2.24, 2.45) is 7.05 Å². The predicted molar refractivity (Wildman–Crippen MR) is 107 cm³/mol. The van der Waals surface area contributed by atoms with Gasteiger partial charge in [-0.15, -0.1) is 0 Å². The molecule has 1 aliphatic rings. The molecule has 0 aliphatic carbocycles. The molecule has 1 saturated heterocycles. The van der Waals surface area contributed by atoms with Crippen molar-refractivity contribution in [1.82, 2.24) is 20.0 Å². The van der Waals surface area contributed by atoms with Gasteiger partial charge in [0.15, 0.2) is 0 Å². The monoisotopic (exact) mass is 375 g/mol. The van der Waals surface area contributed by atoms with Crippen molar-refractivity contribution in [3.8, 4) is 0 Å². The third kappa shape index (κ3) is 4.54. The Morgan fingerprint density at radius 2 is 2.00 bits per heavy atom. The normalized spacial score (nSPS) is 16.3. The summed E-state index contributed by atoms with van der Waals surface area (Å²) in [5.41, 5.74) is 2.36. The fraction of sp³-hybridized carbons (Fsp3) is 0.650. The second-order valence-electron chi connectivity index (χ2n) is 6.99. The summed E-state index contributed by atoms with van der Waals surface area (Å²) >= 11 is 0. The van der Waals surface area contributed by atoms with Crippen molar-refractivity contribution in [3.05, 3.63) is 35.4 Å². The third-order valence-electron chi connectivity index (χ3n) is 5.39. The highest BCUT2D eigenvalue weighted by atomic mass is 16.5. The number of hydrogen-bond acceptors (Lipinski definition) is 6. The van der Waals surface area contributed by atoms with Gasteiger partial charge in [-0.3, -0.25) is 9.58 Å². The number of aromatic nitrogens is 2. The number of morpholine rings is 1. The third-order valence-corrected chi connectivity index (χ3v) is 5.39. The first-order valence-corrected chi connectivity index (χ1v) is 9.99. The van der Waals surface area contributed by atoms with E-state index in [1.165, 1.54) is 11.4 Å². The maximum atomic E-state index is 5.71. The molecule has 0 aromatic carbocycles. The molecule has 0 spiro atoms. The maximum absolute atomic E-state index is 5.71. The second kappa shape index (κ2) is 9.39. The van der Waals surface area contributed by atoms with Crippen LogP contribution in [0, 0.1) is 6.92 Å². The quantitative estimate of drug-likeness (QED) is 0.726. The Morgan fingerprint density at radius 1 is 1.26 bits per heavy atom. The highest BCUT2D eigenvalue weighted by molar-refractivity contribution is 5.50. The topological polar surface area (TPSA) is 58.7 Å². The zero-order valence-corrected chi connectivity index (χ0v) is 17.1. The number of ether oxygens (including phenoxy) is 1. The van der Waals surface area contributed by atoms with Crippen LogP contribution >= 0.6 is 0 Å². The summed E-state index contributed by atoms with van der Waals surface area (Å²) < 4.78 is 13.2. The van der Waals surface area contributed by atoms with Crippen LogP contribution in [0.1, 0.15) is 36.9 Å². The number of rotatable bonds is 9. The van der Waals surface area contributed by atoms with Crippen molar-refractivity contribution in [1.29, 1.82) is 0 Å². The van der Waals surface area contributed by atoms with Crippen molar-refractivity contribution in [3.63, 3.8) is 0 Å². The zero-order chi connectivity index (χ0) is 19.2. The molecule has 1 N–H and O–H groups in total. The van der Waals surface area contributed by atoms with Crippen molar-refractivity contribution in [2.45, 2.75) is 33.4 Å². The van der Waals surface area contributed by atoms with Gasteiger partial charge in [0.1, 0.15) is 11.6 Å². The largest absolute Gasteiger partial charge is 0.468 e. The van der Waals surface area contributed by atoms with Gasteiger partial charge in [0.25, 0.3) is 0 Å². The van der Waals surface area contributed by atoms with Gasteiger partial charge in [0.2, 0.25) is 0 Å². The van der Waals surface area contributed by atoms with Crippen LogP contribution in [0.2, 0.25) is 0 Å². The first-order chi connectivity index (χ1) is 13.2. The number of likely N-dealkylation sites (N-methyl/N-ethyl adjacent to an activating group) is 1. The van der Waals surface area contributed by atoms with E-state index in [-0.39, 0.29) is 6.04 Å². The fourth-order valence-electron chi connectivity index (χ4n) is 3.96. The van der Waals surface area contributed by atoms with Crippen LogP contribution in [0.4, 0.5) is 5.82 Å². The van der Waals surface area contributed by atoms with Crippen LogP contribution in [0.5, 0.6) is 0 Å². The number of aryl methyl sites for hydroxylation is 2. The van der Waals surface area contributed by atoms with E-state index in [2.05, 4.69) is 47.1 Å².